The third-order valence-corrected chi connectivity index (χ3v) is 7.64. The molecule has 2 amide bonds. The first kappa shape index (κ1) is 26.2. The molecule has 1 saturated heterocycles. The lowest BCUT2D eigenvalue weighted by Gasteiger charge is -2.24. The number of carbonyl (C=O) groups is 2. The summed E-state index contributed by atoms with van der Waals surface area (Å²) in [5.74, 6) is 0.248. The number of pyridine rings is 4. The van der Waals surface area contributed by atoms with E-state index in [9.17, 15) is 18.0 Å². The van der Waals surface area contributed by atoms with Crippen molar-refractivity contribution in [2.24, 2.45) is 0 Å². The van der Waals surface area contributed by atoms with Crippen LogP contribution < -0.4 is 15.5 Å². The van der Waals surface area contributed by atoms with E-state index in [2.05, 4.69) is 20.6 Å². The SMILES string of the molecule is CNC(=O)[C@@H]1CCCN1c1cccc(-c2ccc3cnc(CNC(=O)c4cncc(S(C)(=O)=O)c4)cc3n2)n1. The van der Waals surface area contributed by atoms with Crippen LogP contribution in [-0.4, -0.2) is 66.1 Å². The van der Waals surface area contributed by atoms with Gasteiger partial charge in [0.15, 0.2) is 9.84 Å². The third-order valence-electron chi connectivity index (χ3n) is 6.56. The number of nitrogens with one attached hydrogen (secondary N) is 2. The van der Waals surface area contributed by atoms with E-state index in [1.165, 1.54) is 18.5 Å². The van der Waals surface area contributed by atoms with Gasteiger partial charge in [-0.05, 0) is 49.2 Å². The number of sulfone groups is 1. The molecule has 200 valence electrons. The highest BCUT2D eigenvalue weighted by atomic mass is 32.2. The standard InChI is InChI=1S/C27H27N7O4S/c1-28-27(36)24-6-4-10-34(24)25-7-3-5-21(33-25)22-9-8-17-14-30-19(12-23(17)32-22)15-31-26(35)18-11-20(16-29-13-18)39(2,37)38/h3,5,7-9,11-14,16,24H,4,6,10,15H2,1-2H3,(H,28,36)(H,31,35)/t24-/m0/s1. The van der Waals surface area contributed by atoms with Gasteiger partial charge in [0.05, 0.1) is 39.6 Å². The third kappa shape index (κ3) is 5.70. The molecule has 5 heterocycles. The van der Waals surface area contributed by atoms with Crippen LogP contribution in [0.4, 0.5) is 5.82 Å². The van der Waals surface area contributed by atoms with Crippen molar-refractivity contribution >= 4 is 38.4 Å². The molecular formula is C27H27N7O4S. The molecule has 5 rings (SSSR count). The van der Waals surface area contributed by atoms with Gasteiger partial charge in [-0.3, -0.25) is 19.6 Å². The van der Waals surface area contributed by atoms with Crippen molar-refractivity contribution in [3.63, 3.8) is 0 Å². The highest BCUT2D eigenvalue weighted by molar-refractivity contribution is 7.90. The molecule has 11 nitrogen and oxygen atoms in total. The van der Waals surface area contributed by atoms with Gasteiger partial charge in [-0.15, -0.1) is 0 Å². The van der Waals surface area contributed by atoms with Gasteiger partial charge >= 0.3 is 0 Å². The number of fused-ring (bicyclic) bond motifs is 1. The van der Waals surface area contributed by atoms with Gasteiger partial charge in [0.1, 0.15) is 11.9 Å². The van der Waals surface area contributed by atoms with Crippen molar-refractivity contribution in [1.29, 1.82) is 0 Å². The summed E-state index contributed by atoms with van der Waals surface area (Å²) in [7, 11) is -1.84. The van der Waals surface area contributed by atoms with Crippen LogP contribution in [0.5, 0.6) is 0 Å². The summed E-state index contributed by atoms with van der Waals surface area (Å²) in [6.07, 6.45) is 6.96. The molecule has 1 aliphatic rings. The fourth-order valence-corrected chi connectivity index (χ4v) is 5.12. The second kappa shape index (κ2) is 10.7. The Morgan fingerprint density at radius 2 is 1.87 bits per heavy atom. The lowest BCUT2D eigenvalue weighted by atomic mass is 10.1. The molecule has 0 radical (unpaired) electrons. The summed E-state index contributed by atoms with van der Waals surface area (Å²) in [5, 5.41) is 6.31. The van der Waals surface area contributed by atoms with E-state index in [1.54, 1.807) is 19.3 Å². The van der Waals surface area contributed by atoms with Crippen LogP contribution in [0.1, 0.15) is 28.9 Å². The zero-order valence-electron chi connectivity index (χ0n) is 21.5. The van der Waals surface area contributed by atoms with E-state index >= 15 is 0 Å². The molecule has 0 spiro atoms. The van der Waals surface area contributed by atoms with Crippen molar-refractivity contribution < 1.29 is 18.0 Å². The molecule has 2 N–H and O–H groups in total. The number of rotatable bonds is 7. The summed E-state index contributed by atoms with van der Waals surface area (Å²) < 4.78 is 23.5. The van der Waals surface area contributed by atoms with Gasteiger partial charge in [0, 0.05) is 43.8 Å². The molecule has 1 aliphatic heterocycles. The Bertz CT molecular complexity index is 1680. The van der Waals surface area contributed by atoms with Gasteiger partial charge in [-0.1, -0.05) is 6.07 Å². The molecule has 0 saturated carbocycles. The van der Waals surface area contributed by atoms with Crippen molar-refractivity contribution in [3.8, 4) is 11.4 Å². The summed E-state index contributed by atoms with van der Waals surface area (Å²) in [4.78, 5) is 44.7. The summed E-state index contributed by atoms with van der Waals surface area (Å²) in [5.41, 5.74) is 2.76. The Labute approximate surface area is 225 Å². The Hall–Kier alpha value is -4.45. The second-order valence-electron chi connectivity index (χ2n) is 9.28. The van der Waals surface area contributed by atoms with Gasteiger partial charge in [-0.2, -0.15) is 0 Å². The lowest BCUT2D eigenvalue weighted by molar-refractivity contribution is -0.121. The van der Waals surface area contributed by atoms with Crippen LogP contribution in [0, 0.1) is 0 Å². The zero-order chi connectivity index (χ0) is 27.6. The molecule has 0 bridgehead atoms. The number of hydrogen-bond donors (Lipinski definition) is 2. The van der Waals surface area contributed by atoms with Crippen LogP contribution in [0.3, 0.4) is 0 Å². The van der Waals surface area contributed by atoms with Crippen molar-refractivity contribution in [1.82, 2.24) is 30.6 Å². The van der Waals surface area contributed by atoms with Crippen LogP contribution in [0.25, 0.3) is 22.3 Å². The quantitative estimate of drug-likeness (QED) is 0.356. The normalized spacial score (nSPS) is 15.3. The smallest absolute Gasteiger partial charge is 0.253 e. The first-order chi connectivity index (χ1) is 18.7. The highest BCUT2D eigenvalue weighted by Crippen LogP contribution is 2.27. The lowest BCUT2D eigenvalue weighted by Crippen LogP contribution is -2.42. The fourth-order valence-electron chi connectivity index (χ4n) is 4.52. The number of likely N-dealkylation sites (N-methyl/N-ethyl adjacent to an activating group) is 1. The van der Waals surface area contributed by atoms with Crippen molar-refractivity contribution in [3.05, 3.63) is 72.3 Å². The Kier molecular flexibility index (Phi) is 7.20. The molecule has 12 heteroatoms. The number of anilines is 1. The molecular weight excluding hydrogens is 518 g/mol. The molecule has 0 aromatic carbocycles. The maximum atomic E-state index is 12.6. The average molecular weight is 546 g/mol. The van der Waals surface area contributed by atoms with Gasteiger partial charge in [-0.25, -0.2) is 18.4 Å². The summed E-state index contributed by atoms with van der Waals surface area (Å²) in [6.45, 7) is 0.877. The molecule has 0 unspecified atom stereocenters. The van der Waals surface area contributed by atoms with E-state index < -0.39 is 15.7 Å². The van der Waals surface area contributed by atoms with Crippen molar-refractivity contribution in [2.45, 2.75) is 30.3 Å². The van der Waals surface area contributed by atoms with Gasteiger partial charge in [0.2, 0.25) is 5.91 Å². The highest BCUT2D eigenvalue weighted by Gasteiger charge is 2.31. The maximum absolute atomic E-state index is 12.6. The maximum Gasteiger partial charge on any atom is 0.253 e. The molecule has 0 aliphatic carbocycles. The number of nitrogens with zero attached hydrogens (tertiary/aromatic N) is 5. The molecule has 1 atom stereocenters. The fraction of sp³-hybridized carbons (Fsp3) is 0.259. The Morgan fingerprint density at radius 3 is 2.67 bits per heavy atom. The molecule has 39 heavy (non-hydrogen) atoms. The van der Waals surface area contributed by atoms with Gasteiger partial charge in [0.25, 0.3) is 5.91 Å². The van der Waals surface area contributed by atoms with Crippen LogP contribution in [0.2, 0.25) is 0 Å². The monoisotopic (exact) mass is 545 g/mol. The minimum atomic E-state index is -3.48. The molecule has 1 fully saturated rings. The van der Waals surface area contributed by atoms with E-state index in [4.69, 9.17) is 9.97 Å². The molecule has 4 aromatic rings. The zero-order valence-corrected chi connectivity index (χ0v) is 22.3. The predicted molar refractivity (Wildman–Crippen MR) is 146 cm³/mol. The molecule has 4 aromatic heterocycles. The van der Waals surface area contributed by atoms with Crippen LogP contribution in [-0.2, 0) is 21.2 Å². The largest absolute Gasteiger partial charge is 0.357 e. The first-order valence-electron chi connectivity index (χ1n) is 12.4. The second-order valence-corrected chi connectivity index (χ2v) is 11.3. The minimum absolute atomic E-state index is 0.0185. The number of hydrogen-bond acceptors (Lipinski definition) is 9. The number of aromatic nitrogens is 4. The van der Waals surface area contributed by atoms with E-state index in [0.29, 0.717) is 22.6 Å². The van der Waals surface area contributed by atoms with Crippen molar-refractivity contribution in [2.75, 3.05) is 24.7 Å². The topological polar surface area (TPSA) is 147 Å². The first-order valence-corrected chi connectivity index (χ1v) is 14.3. The number of amides is 2. The Morgan fingerprint density at radius 1 is 1.05 bits per heavy atom. The predicted octanol–water partition coefficient (Wildman–Crippen LogP) is 2.14. The summed E-state index contributed by atoms with van der Waals surface area (Å²) >= 11 is 0. The van der Waals surface area contributed by atoms with E-state index in [0.717, 1.165) is 36.8 Å². The van der Waals surface area contributed by atoms with Crippen LogP contribution >= 0.6 is 0 Å². The number of carbonyl (C=O) groups excluding carboxylic acids is 2. The van der Waals surface area contributed by atoms with Crippen LogP contribution in [0.15, 0.2) is 66.0 Å². The average Bonchev–Trinajstić information content (AvgIpc) is 3.45. The minimum Gasteiger partial charge on any atom is -0.357 e. The Balaban J connectivity index is 1.35. The van der Waals surface area contributed by atoms with E-state index in [-0.39, 0.29) is 29.0 Å². The van der Waals surface area contributed by atoms with E-state index in [1.807, 2.05) is 35.2 Å². The van der Waals surface area contributed by atoms with Gasteiger partial charge < -0.3 is 15.5 Å². The summed E-state index contributed by atoms with van der Waals surface area (Å²) in [6, 6.07) is 12.3.